The van der Waals surface area contributed by atoms with E-state index in [2.05, 4.69) is 15.3 Å². The molecule has 1 aromatic carbocycles. The van der Waals surface area contributed by atoms with E-state index in [9.17, 15) is 9.59 Å². The van der Waals surface area contributed by atoms with Gasteiger partial charge in [0.05, 0.1) is 23.1 Å². The SMILES string of the molecule is CN(C(=O)c1ccccc1NC(=O)/C=C/c1cnccn1)C1CCCCC1. The Hall–Kier alpha value is -3.02. The fraction of sp³-hybridized carbons (Fsp3) is 0.333. The number of carbonyl (C=O) groups is 2. The fourth-order valence-electron chi connectivity index (χ4n) is 3.33. The molecule has 0 atom stereocenters. The molecule has 0 aliphatic heterocycles. The summed E-state index contributed by atoms with van der Waals surface area (Å²) in [5.41, 5.74) is 1.61. The topological polar surface area (TPSA) is 75.2 Å². The van der Waals surface area contributed by atoms with Gasteiger partial charge in [-0.15, -0.1) is 0 Å². The number of amides is 2. The molecule has 0 saturated heterocycles. The number of hydrogen-bond donors (Lipinski definition) is 1. The Morgan fingerprint density at radius 1 is 1.15 bits per heavy atom. The van der Waals surface area contributed by atoms with Crippen LogP contribution in [0, 0.1) is 0 Å². The van der Waals surface area contributed by atoms with Crippen molar-refractivity contribution in [2.24, 2.45) is 0 Å². The minimum Gasteiger partial charge on any atom is -0.339 e. The average Bonchev–Trinajstić information content (AvgIpc) is 2.73. The molecule has 2 aromatic rings. The van der Waals surface area contributed by atoms with Crippen molar-refractivity contribution >= 4 is 23.6 Å². The lowest BCUT2D eigenvalue weighted by Crippen LogP contribution is -2.38. The Morgan fingerprint density at radius 3 is 2.67 bits per heavy atom. The third-order valence-electron chi connectivity index (χ3n) is 4.85. The lowest BCUT2D eigenvalue weighted by Gasteiger charge is -2.31. The third kappa shape index (κ3) is 5.00. The maximum absolute atomic E-state index is 13.0. The number of carbonyl (C=O) groups excluding carboxylic acids is 2. The van der Waals surface area contributed by atoms with Crippen LogP contribution < -0.4 is 5.32 Å². The first kappa shape index (κ1) is 18.8. The highest BCUT2D eigenvalue weighted by Gasteiger charge is 2.24. The van der Waals surface area contributed by atoms with Crippen LogP contribution in [-0.4, -0.2) is 39.8 Å². The first-order valence-electron chi connectivity index (χ1n) is 9.26. The Bertz CT molecular complexity index is 814. The summed E-state index contributed by atoms with van der Waals surface area (Å²) in [7, 11) is 1.85. The van der Waals surface area contributed by atoms with Gasteiger partial charge in [-0.1, -0.05) is 31.4 Å². The van der Waals surface area contributed by atoms with Gasteiger partial charge in [0.1, 0.15) is 0 Å². The minimum atomic E-state index is -0.318. The normalized spacial score (nSPS) is 14.9. The number of para-hydroxylation sites is 1. The molecular formula is C21H24N4O2. The summed E-state index contributed by atoms with van der Waals surface area (Å²) in [6.45, 7) is 0. The van der Waals surface area contributed by atoms with Crippen molar-refractivity contribution in [2.75, 3.05) is 12.4 Å². The zero-order valence-corrected chi connectivity index (χ0v) is 15.5. The van der Waals surface area contributed by atoms with Crippen LogP contribution in [0.4, 0.5) is 5.69 Å². The third-order valence-corrected chi connectivity index (χ3v) is 4.85. The summed E-state index contributed by atoms with van der Waals surface area (Å²) < 4.78 is 0. The summed E-state index contributed by atoms with van der Waals surface area (Å²) in [5.74, 6) is -0.378. The molecule has 6 heteroatoms. The van der Waals surface area contributed by atoms with Crippen molar-refractivity contribution in [2.45, 2.75) is 38.1 Å². The second-order valence-electron chi connectivity index (χ2n) is 6.71. The summed E-state index contributed by atoms with van der Waals surface area (Å²) in [6, 6.07) is 7.39. The molecule has 1 aromatic heterocycles. The molecule has 3 rings (SSSR count). The van der Waals surface area contributed by atoms with Crippen molar-refractivity contribution in [3.05, 3.63) is 60.2 Å². The number of anilines is 1. The standard InChI is InChI=1S/C21H24N4O2/c1-25(17-7-3-2-4-8-17)21(27)18-9-5-6-10-19(18)24-20(26)12-11-16-15-22-13-14-23-16/h5-6,9-15,17H,2-4,7-8H2,1H3,(H,24,26)/b12-11+. The van der Waals surface area contributed by atoms with Crippen LogP contribution in [0.5, 0.6) is 0 Å². The van der Waals surface area contributed by atoms with Crippen molar-refractivity contribution in [3.63, 3.8) is 0 Å². The molecule has 1 fully saturated rings. The second-order valence-corrected chi connectivity index (χ2v) is 6.71. The number of aromatic nitrogens is 2. The maximum Gasteiger partial charge on any atom is 0.255 e. The maximum atomic E-state index is 13.0. The smallest absolute Gasteiger partial charge is 0.255 e. The summed E-state index contributed by atoms with van der Waals surface area (Å²) in [6.07, 6.45) is 13.3. The largest absolute Gasteiger partial charge is 0.339 e. The monoisotopic (exact) mass is 364 g/mol. The van der Waals surface area contributed by atoms with E-state index in [4.69, 9.17) is 0 Å². The number of benzene rings is 1. The lowest BCUT2D eigenvalue weighted by molar-refractivity contribution is -0.111. The fourth-order valence-corrected chi connectivity index (χ4v) is 3.33. The van der Waals surface area contributed by atoms with Crippen LogP contribution in [0.3, 0.4) is 0 Å². The molecule has 0 radical (unpaired) electrons. The van der Waals surface area contributed by atoms with E-state index >= 15 is 0 Å². The van der Waals surface area contributed by atoms with Gasteiger partial charge >= 0.3 is 0 Å². The Balaban J connectivity index is 1.70. The van der Waals surface area contributed by atoms with Crippen LogP contribution >= 0.6 is 0 Å². The van der Waals surface area contributed by atoms with Crippen molar-refractivity contribution < 1.29 is 9.59 Å². The van der Waals surface area contributed by atoms with E-state index in [0.29, 0.717) is 16.9 Å². The van der Waals surface area contributed by atoms with E-state index in [1.54, 1.807) is 42.9 Å². The summed E-state index contributed by atoms with van der Waals surface area (Å²) >= 11 is 0. The first-order chi connectivity index (χ1) is 13.1. The molecule has 6 nitrogen and oxygen atoms in total. The van der Waals surface area contributed by atoms with E-state index in [-0.39, 0.29) is 17.9 Å². The van der Waals surface area contributed by atoms with Gasteiger partial charge in [-0.3, -0.25) is 19.6 Å². The van der Waals surface area contributed by atoms with E-state index in [1.165, 1.54) is 12.5 Å². The Kier molecular flexibility index (Phi) is 6.30. The molecule has 2 amide bonds. The quantitative estimate of drug-likeness (QED) is 0.824. The van der Waals surface area contributed by atoms with Crippen LogP contribution in [0.2, 0.25) is 0 Å². The Morgan fingerprint density at radius 2 is 1.93 bits per heavy atom. The zero-order valence-electron chi connectivity index (χ0n) is 15.5. The minimum absolute atomic E-state index is 0.0595. The van der Waals surface area contributed by atoms with Crippen LogP contribution in [0.25, 0.3) is 6.08 Å². The van der Waals surface area contributed by atoms with Crippen molar-refractivity contribution in [1.82, 2.24) is 14.9 Å². The van der Waals surface area contributed by atoms with E-state index in [0.717, 1.165) is 25.7 Å². The van der Waals surface area contributed by atoms with E-state index < -0.39 is 0 Å². The molecule has 0 spiro atoms. The van der Waals surface area contributed by atoms with Gasteiger partial charge in [0.15, 0.2) is 0 Å². The van der Waals surface area contributed by atoms with Gasteiger partial charge in [-0.05, 0) is 31.1 Å². The highest BCUT2D eigenvalue weighted by molar-refractivity contribution is 6.07. The second kappa shape index (κ2) is 9.07. The number of hydrogen-bond acceptors (Lipinski definition) is 4. The number of nitrogens with one attached hydrogen (secondary N) is 1. The van der Waals surface area contributed by atoms with Gasteiger partial charge < -0.3 is 10.2 Å². The molecule has 1 N–H and O–H groups in total. The van der Waals surface area contributed by atoms with Gasteiger partial charge in [-0.2, -0.15) is 0 Å². The molecule has 27 heavy (non-hydrogen) atoms. The first-order valence-corrected chi connectivity index (χ1v) is 9.26. The molecule has 0 bridgehead atoms. The Labute approximate surface area is 159 Å². The number of rotatable bonds is 5. The summed E-state index contributed by atoms with van der Waals surface area (Å²) in [4.78, 5) is 35.1. The van der Waals surface area contributed by atoms with Crippen molar-refractivity contribution in [3.8, 4) is 0 Å². The van der Waals surface area contributed by atoms with E-state index in [1.807, 2.05) is 18.0 Å². The average molecular weight is 364 g/mol. The zero-order chi connectivity index (χ0) is 19.1. The van der Waals surface area contributed by atoms with Crippen molar-refractivity contribution in [1.29, 1.82) is 0 Å². The summed E-state index contributed by atoms with van der Waals surface area (Å²) in [5, 5.41) is 2.80. The van der Waals surface area contributed by atoms with Gasteiger partial charge in [0.25, 0.3) is 5.91 Å². The molecule has 1 aliphatic carbocycles. The van der Waals surface area contributed by atoms with Gasteiger partial charge in [0.2, 0.25) is 5.91 Å². The highest BCUT2D eigenvalue weighted by Crippen LogP contribution is 2.25. The molecule has 140 valence electrons. The van der Waals surface area contributed by atoms with Crippen LogP contribution in [-0.2, 0) is 4.79 Å². The predicted octanol–water partition coefficient (Wildman–Crippen LogP) is 3.53. The molecule has 1 heterocycles. The molecule has 0 unspecified atom stereocenters. The van der Waals surface area contributed by atoms with Crippen LogP contribution in [0.1, 0.15) is 48.2 Å². The molecule has 1 aliphatic rings. The van der Waals surface area contributed by atoms with Gasteiger partial charge in [0, 0.05) is 31.6 Å². The lowest BCUT2D eigenvalue weighted by atomic mass is 9.94. The molecular weight excluding hydrogens is 340 g/mol. The van der Waals surface area contributed by atoms with Crippen LogP contribution in [0.15, 0.2) is 48.9 Å². The molecule has 1 saturated carbocycles. The predicted molar refractivity (Wildman–Crippen MR) is 105 cm³/mol. The highest BCUT2D eigenvalue weighted by atomic mass is 16.2. The number of nitrogens with zero attached hydrogens (tertiary/aromatic N) is 3. The van der Waals surface area contributed by atoms with Gasteiger partial charge in [-0.25, -0.2) is 0 Å².